The minimum atomic E-state index is -0.332. The monoisotopic (exact) mass is 288 g/mol. The molecular formula is C16H20N2O3. The number of aliphatic hydroxyl groups excluding tert-OH is 1. The van der Waals surface area contributed by atoms with E-state index in [4.69, 9.17) is 5.11 Å². The van der Waals surface area contributed by atoms with Crippen molar-refractivity contribution in [1.82, 2.24) is 10.6 Å². The molecule has 0 fully saturated rings. The van der Waals surface area contributed by atoms with E-state index in [2.05, 4.69) is 22.5 Å². The molecule has 0 saturated carbocycles. The van der Waals surface area contributed by atoms with Gasteiger partial charge in [-0.3, -0.25) is 9.59 Å². The summed E-state index contributed by atoms with van der Waals surface area (Å²) in [5.41, 5.74) is 2.04. The highest BCUT2D eigenvalue weighted by Crippen LogP contribution is 2.10. The van der Waals surface area contributed by atoms with E-state index in [-0.39, 0.29) is 31.0 Å². The van der Waals surface area contributed by atoms with E-state index in [0.29, 0.717) is 11.1 Å². The maximum atomic E-state index is 12.0. The lowest BCUT2D eigenvalue weighted by molar-refractivity contribution is -0.120. The van der Waals surface area contributed by atoms with E-state index in [1.807, 2.05) is 20.8 Å². The number of nitrogens with one attached hydrogen (secondary N) is 2. The molecule has 21 heavy (non-hydrogen) atoms. The van der Waals surface area contributed by atoms with E-state index >= 15 is 0 Å². The zero-order valence-corrected chi connectivity index (χ0v) is 12.5. The molecule has 5 nitrogen and oxygen atoms in total. The minimum Gasteiger partial charge on any atom is -0.384 e. The van der Waals surface area contributed by atoms with Gasteiger partial charge in [-0.1, -0.05) is 17.9 Å². The normalized spacial score (nSPS) is 9.76. The Morgan fingerprint density at radius 1 is 1.33 bits per heavy atom. The van der Waals surface area contributed by atoms with Gasteiger partial charge in [0.15, 0.2) is 0 Å². The predicted molar refractivity (Wildman–Crippen MR) is 80.8 cm³/mol. The molecule has 5 heteroatoms. The van der Waals surface area contributed by atoms with Gasteiger partial charge in [-0.05, 0) is 38.5 Å². The number of benzene rings is 1. The smallest absolute Gasteiger partial charge is 0.251 e. The van der Waals surface area contributed by atoms with E-state index in [1.165, 1.54) is 0 Å². The van der Waals surface area contributed by atoms with Gasteiger partial charge in [-0.15, -0.1) is 0 Å². The van der Waals surface area contributed by atoms with Crippen LogP contribution >= 0.6 is 0 Å². The number of aryl methyl sites for hydroxylation is 1. The van der Waals surface area contributed by atoms with Crippen molar-refractivity contribution in [2.75, 3.05) is 13.2 Å². The Morgan fingerprint density at radius 3 is 2.67 bits per heavy atom. The SMILES string of the molecule is Cc1ccc(C(=O)NCC(=O)NC(C)C)cc1C#CCO. The summed E-state index contributed by atoms with van der Waals surface area (Å²) in [6.07, 6.45) is 0. The first-order chi connectivity index (χ1) is 9.93. The molecule has 112 valence electrons. The van der Waals surface area contributed by atoms with Crippen molar-refractivity contribution < 1.29 is 14.7 Å². The van der Waals surface area contributed by atoms with Crippen LogP contribution in [0.25, 0.3) is 0 Å². The molecule has 0 radical (unpaired) electrons. The van der Waals surface area contributed by atoms with E-state index < -0.39 is 0 Å². The van der Waals surface area contributed by atoms with Crippen LogP contribution in [0, 0.1) is 18.8 Å². The third-order valence-corrected chi connectivity index (χ3v) is 2.66. The van der Waals surface area contributed by atoms with Crippen LogP contribution in [-0.4, -0.2) is 36.1 Å². The van der Waals surface area contributed by atoms with Crippen molar-refractivity contribution >= 4 is 11.8 Å². The molecular weight excluding hydrogens is 268 g/mol. The topological polar surface area (TPSA) is 78.4 Å². The average Bonchev–Trinajstić information content (AvgIpc) is 2.43. The molecule has 0 unspecified atom stereocenters. The quantitative estimate of drug-likeness (QED) is 0.710. The maximum absolute atomic E-state index is 12.0. The van der Waals surface area contributed by atoms with Crippen molar-refractivity contribution in [2.24, 2.45) is 0 Å². The number of aliphatic hydroxyl groups is 1. The van der Waals surface area contributed by atoms with Gasteiger partial charge in [0, 0.05) is 17.2 Å². The summed E-state index contributed by atoms with van der Waals surface area (Å²) in [6.45, 7) is 5.28. The third-order valence-electron chi connectivity index (χ3n) is 2.66. The molecule has 1 aromatic rings. The lowest BCUT2D eigenvalue weighted by Gasteiger charge is -2.09. The average molecular weight is 288 g/mol. The molecule has 0 aliphatic heterocycles. The fourth-order valence-electron chi connectivity index (χ4n) is 1.67. The van der Waals surface area contributed by atoms with Crippen LogP contribution in [0.5, 0.6) is 0 Å². The van der Waals surface area contributed by atoms with Crippen LogP contribution in [0.1, 0.15) is 35.3 Å². The second kappa shape index (κ2) is 8.08. The number of hydrogen-bond donors (Lipinski definition) is 3. The molecule has 0 aliphatic rings. The van der Waals surface area contributed by atoms with Gasteiger partial charge < -0.3 is 15.7 Å². The van der Waals surface area contributed by atoms with Crippen molar-refractivity contribution in [3.8, 4) is 11.8 Å². The highest BCUT2D eigenvalue weighted by molar-refractivity contribution is 5.96. The lowest BCUT2D eigenvalue weighted by atomic mass is 10.0. The highest BCUT2D eigenvalue weighted by atomic mass is 16.2. The van der Waals surface area contributed by atoms with Crippen molar-refractivity contribution in [3.63, 3.8) is 0 Å². The van der Waals surface area contributed by atoms with E-state index in [1.54, 1.807) is 18.2 Å². The zero-order valence-electron chi connectivity index (χ0n) is 12.5. The molecule has 2 amide bonds. The molecule has 0 heterocycles. The van der Waals surface area contributed by atoms with Crippen molar-refractivity contribution in [1.29, 1.82) is 0 Å². The molecule has 0 aliphatic carbocycles. The van der Waals surface area contributed by atoms with Gasteiger partial charge in [0.05, 0.1) is 6.54 Å². The van der Waals surface area contributed by atoms with Crippen LogP contribution < -0.4 is 10.6 Å². The summed E-state index contributed by atoms with van der Waals surface area (Å²) in [7, 11) is 0. The largest absolute Gasteiger partial charge is 0.384 e. The Morgan fingerprint density at radius 2 is 2.05 bits per heavy atom. The molecule has 0 bridgehead atoms. The summed E-state index contributed by atoms with van der Waals surface area (Å²) >= 11 is 0. The van der Waals surface area contributed by atoms with E-state index in [9.17, 15) is 9.59 Å². The molecule has 0 spiro atoms. The summed E-state index contributed by atoms with van der Waals surface area (Å²) in [6, 6.07) is 5.14. The second-order valence-electron chi connectivity index (χ2n) is 4.89. The van der Waals surface area contributed by atoms with Gasteiger partial charge in [-0.25, -0.2) is 0 Å². The Hall–Kier alpha value is -2.32. The highest BCUT2D eigenvalue weighted by Gasteiger charge is 2.09. The van der Waals surface area contributed by atoms with Crippen molar-refractivity contribution in [3.05, 3.63) is 34.9 Å². The number of amides is 2. The van der Waals surface area contributed by atoms with Gasteiger partial charge in [0.2, 0.25) is 5.91 Å². The van der Waals surface area contributed by atoms with Crippen LogP contribution in [0.3, 0.4) is 0 Å². The zero-order chi connectivity index (χ0) is 15.8. The summed E-state index contributed by atoms with van der Waals surface area (Å²) in [5.74, 6) is 4.78. The Balaban J connectivity index is 2.72. The van der Waals surface area contributed by atoms with Crippen LogP contribution in [0.2, 0.25) is 0 Å². The first-order valence-corrected chi connectivity index (χ1v) is 6.72. The van der Waals surface area contributed by atoms with Gasteiger partial charge in [-0.2, -0.15) is 0 Å². The molecule has 3 N–H and O–H groups in total. The second-order valence-corrected chi connectivity index (χ2v) is 4.89. The van der Waals surface area contributed by atoms with Gasteiger partial charge >= 0.3 is 0 Å². The molecule has 0 saturated heterocycles. The summed E-state index contributed by atoms with van der Waals surface area (Å²) in [5, 5.41) is 14.0. The Bertz CT molecular complexity index is 583. The first-order valence-electron chi connectivity index (χ1n) is 6.72. The van der Waals surface area contributed by atoms with Crippen molar-refractivity contribution in [2.45, 2.75) is 26.8 Å². The first kappa shape index (κ1) is 16.7. The molecule has 0 aromatic heterocycles. The minimum absolute atomic E-state index is 0.0362. The number of carbonyl (C=O) groups is 2. The number of hydrogen-bond acceptors (Lipinski definition) is 3. The molecule has 1 rings (SSSR count). The summed E-state index contributed by atoms with van der Waals surface area (Å²) in [4.78, 5) is 23.5. The molecule has 0 atom stereocenters. The van der Waals surface area contributed by atoms with Crippen LogP contribution in [-0.2, 0) is 4.79 Å². The van der Waals surface area contributed by atoms with Gasteiger partial charge in [0.25, 0.3) is 5.91 Å². The summed E-state index contributed by atoms with van der Waals surface area (Å²) < 4.78 is 0. The van der Waals surface area contributed by atoms with Crippen LogP contribution in [0.15, 0.2) is 18.2 Å². The predicted octanol–water partition coefficient (Wildman–Crippen LogP) is 0.593. The van der Waals surface area contributed by atoms with E-state index in [0.717, 1.165) is 5.56 Å². The van der Waals surface area contributed by atoms with Crippen LogP contribution in [0.4, 0.5) is 0 Å². The maximum Gasteiger partial charge on any atom is 0.251 e. The fraction of sp³-hybridized carbons (Fsp3) is 0.375. The number of carbonyl (C=O) groups excluding carboxylic acids is 2. The Labute approximate surface area is 124 Å². The standard InChI is InChI=1S/C16H20N2O3/c1-11(2)18-15(20)10-17-16(21)14-7-6-12(3)13(9-14)5-4-8-19/h6-7,9,11,19H,8,10H2,1-3H3,(H,17,21)(H,18,20). The lowest BCUT2D eigenvalue weighted by Crippen LogP contribution is -2.39. The third kappa shape index (κ3) is 5.67. The molecule has 1 aromatic carbocycles. The number of rotatable bonds is 4. The fourth-order valence-corrected chi connectivity index (χ4v) is 1.67. The Kier molecular flexibility index (Phi) is 6.44. The van der Waals surface area contributed by atoms with Gasteiger partial charge in [0.1, 0.15) is 6.61 Å².